The van der Waals surface area contributed by atoms with E-state index in [9.17, 15) is 4.79 Å². The van der Waals surface area contributed by atoms with Crippen LogP contribution in [0.25, 0.3) is 22.8 Å². The smallest absolute Gasteiger partial charge is 0.327 e. The van der Waals surface area contributed by atoms with Crippen LogP contribution < -0.4 is 0 Å². The van der Waals surface area contributed by atoms with Crippen molar-refractivity contribution < 1.29 is 9.53 Å². The molecule has 0 radical (unpaired) electrons. The van der Waals surface area contributed by atoms with Gasteiger partial charge in [-0.3, -0.25) is 14.8 Å². The Balaban J connectivity index is 2.02. The highest BCUT2D eigenvalue weighted by atomic mass is 16.5. The molecular formula is C16H15N5O2. The number of aromatic nitrogens is 5. The van der Waals surface area contributed by atoms with Crippen LogP contribution in [0.3, 0.4) is 0 Å². The van der Waals surface area contributed by atoms with Gasteiger partial charge in [0.25, 0.3) is 0 Å². The van der Waals surface area contributed by atoms with E-state index in [1.807, 2.05) is 24.3 Å². The monoisotopic (exact) mass is 309 g/mol. The number of esters is 1. The number of ether oxygens (including phenoxy) is 1. The van der Waals surface area contributed by atoms with Crippen LogP contribution in [0, 0.1) is 0 Å². The van der Waals surface area contributed by atoms with Gasteiger partial charge in [0, 0.05) is 35.9 Å². The highest BCUT2D eigenvalue weighted by Gasteiger charge is 2.16. The first-order chi connectivity index (χ1) is 11.3. The minimum absolute atomic E-state index is 0.00355. The van der Waals surface area contributed by atoms with Crippen LogP contribution in [-0.4, -0.2) is 37.3 Å². The molecule has 0 aliphatic rings. The maximum absolute atomic E-state index is 11.8. The summed E-state index contributed by atoms with van der Waals surface area (Å²) in [6.07, 6.45) is 6.69. The summed E-state index contributed by atoms with van der Waals surface area (Å²) in [5, 5.41) is 4.44. The molecule has 3 rings (SSSR count). The molecular weight excluding hydrogens is 294 g/mol. The zero-order chi connectivity index (χ0) is 16.1. The molecule has 3 aromatic heterocycles. The molecule has 0 amide bonds. The van der Waals surface area contributed by atoms with Gasteiger partial charge in [0.15, 0.2) is 11.6 Å². The Kier molecular flexibility index (Phi) is 4.37. The second kappa shape index (κ2) is 6.78. The minimum atomic E-state index is -0.353. The second-order valence-electron chi connectivity index (χ2n) is 4.69. The van der Waals surface area contributed by atoms with Crippen LogP contribution in [0.15, 0.2) is 49.1 Å². The minimum Gasteiger partial charge on any atom is -0.465 e. The van der Waals surface area contributed by atoms with Gasteiger partial charge >= 0.3 is 5.97 Å². The molecule has 0 atom stereocenters. The Hall–Kier alpha value is -3.09. The molecule has 3 heterocycles. The molecule has 0 saturated carbocycles. The molecule has 0 aliphatic heterocycles. The van der Waals surface area contributed by atoms with E-state index in [-0.39, 0.29) is 12.5 Å². The van der Waals surface area contributed by atoms with Gasteiger partial charge in [-0.1, -0.05) is 0 Å². The van der Waals surface area contributed by atoms with E-state index in [0.717, 1.165) is 11.1 Å². The average molecular weight is 309 g/mol. The third-order valence-electron chi connectivity index (χ3n) is 3.13. The fourth-order valence-electron chi connectivity index (χ4n) is 2.12. The van der Waals surface area contributed by atoms with Gasteiger partial charge < -0.3 is 4.74 Å². The van der Waals surface area contributed by atoms with E-state index >= 15 is 0 Å². The molecule has 116 valence electrons. The number of hydrogen-bond donors (Lipinski definition) is 0. The Morgan fingerprint density at radius 1 is 1.04 bits per heavy atom. The van der Waals surface area contributed by atoms with Crippen LogP contribution in [0.5, 0.6) is 0 Å². The third kappa shape index (κ3) is 3.39. The standard InChI is InChI=1S/C16H15N5O2/c1-2-23-14(22)11-21-16(13-5-9-18-10-6-13)19-15(20-21)12-3-7-17-8-4-12/h3-10H,2,11H2,1H3. The van der Waals surface area contributed by atoms with Gasteiger partial charge in [0.05, 0.1) is 6.61 Å². The van der Waals surface area contributed by atoms with Crippen molar-refractivity contribution in [3.63, 3.8) is 0 Å². The summed E-state index contributed by atoms with van der Waals surface area (Å²) in [6.45, 7) is 2.10. The molecule has 0 saturated heterocycles. The fraction of sp³-hybridized carbons (Fsp3) is 0.188. The number of carbonyl (C=O) groups excluding carboxylic acids is 1. The molecule has 0 bridgehead atoms. The third-order valence-corrected chi connectivity index (χ3v) is 3.13. The molecule has 7 heteroatoms. The summed E-state index contributed by atoms with van der Waals surface area (Å²) in [6, 6.07) is 7.28. The van der Waals surface area contributed by atoms with Crippen LogP contribution in [0.1, 0.15) is 6.92 Å². The summed E-state index contributed by atoms with van der Waals surface area (Å²) < 4.78 is 6.55. The van der Waals surface area contributed by atoms with Crippen molar-refractivity contribution in [1.82, 2.24) is 24.7 Å². The molecule has 0 unspecified atom stereocenters. The molecule has 0 aliphatic carbocycles. The van der Waals surface area contributed by atoms with E-state index in [4.69, 9.17) is 4.74 Å². The Morgan fingerprint density at radius 2 is 1.65 bits per heavy atom. The summed E-state index contributed by atoms with van der Waals surface area (Å²) in [5.41, 5.74) is 1.66. The summed E-state index contributed by atoms with van der Waals surface area (Å²) in [7, 11) is 0. The van der Waals surface area contributed by atoms with Crippen LogP contribution in [0.2, 0.25) is 0 Å². The lowest BCUT2D eigenvalue weighted by Gasteiger charge is -2.05. The quantitative estimate of drug-likeness (QED) is 0.670. The largest absolute Gasteiger partial charge is 0.465 e. The lowest BCUT2D eigenvalue weighted by atomic mass is 10.2. The fourth-order valence-corrected chi connectivity index (χ4v) is 2.12. The van der Waals surface area contributed by atoms with Crippen molar-refractivity contribution in [3.05, 3.63) is 49.1 Å². The van der Waals surface area contributed by atoms with Crippen molar-refractivity contribution >= 4 is 5.97 Å². The molecule has 23 heavy (non-hydrogen) atoms. The van der Waals surface area contributed by atoms with Crippen LogP contribution >= 0.6 is 0 Å². The highest BCUT2D eigenvalue weighted by molar-refractivity contribution is 5.70. The van der Waals surface area contributed by atoms with E-state index in [1.54, 1.807) is 36.4 Å². The lowest BCUT2D eigenvalue weighted by Crippen LogP contribution is -2.15. The molecule has 3 aromatic rings. The Morgan fingerprint density at radius 3 is 2.26 bits per heavy atom. The van der Waals surface area contributed by atoms with Gasteiger partial charge in [-0.25, -0.2) is 9.67 Å². The highest BCUT2D eigenvalue weighted by Crippen LogP contribution is 2.21. The molecule has 0 fully saturated rings. The van der Waals surface area contributed by atoms with E-state index < -0.39 is 0 Å². The van der Waals surface area contributed by atoms with Gasteiger partial charge in [-0.2, -0.15) is 0 Å². The molecule has 7 nitrogen and oxygen atoms in total. The lowest BCUT2D eigenvalue weighted by molar-refractivity contribution is -0.144. The Labute approximate surface area is 133 Å². The van der Waals surface area contributed by atoms with Crippen molar-refractivity contribution in [2.45, 2.75) is 13.5 Å². The molecule has 0 aromatic carbocycles. The first-order valence-electron chi connectivity index (χ1n) is 7.19. The summed E-state index contributed by atoms with van der Waals surface area (Å²) in [4.78, 5) is 24.3. The van der Waals surface area contributed by atoms with E-state index in [2.05, 4.69) is 20.1 Å². The van der Waals surface area contributed by atoms with Gasteiger partial charge in [0.2, 0.25) is 0 Å². The van der Waals surface area contributed by atoms with Crippen molar-refractivity contribution in [1.29, 1.82) is 0 Å². The summed E-state index contributed by atoms with van der Waals surface area (Å²) >= 11 is 0. The maximum Gasteiger partial charge on any atom is 0.327 e. The number of hydrogen-bond acceptors (Lipinski definition) is 6. The van der Waals surface area contributed by atoms with Crippen molar-refractivity contribution in [2.24, 2.45) is 0 Å². The van der Waals surface area contributed by atoms with E-state index in [1.165, 1.54) is 0 Å². The van der Waals surface area contributed by atoms with E-state index in [0.29, 0.717) is 18.3 Å². The molecule has 0 spiro atoms. The predicted octanol–water partition coefficient (Wildman–Crippen LogP) is 1.97. The average Bonchev–Trinajstić information content (AvgIpc) is 3.00. The van der Waals surface area contributed by atoms with Crippen molar-refractivity contribution in [2.75, 3.05) is 6.61 Å². The summed E-state index contributed by atoms with van der Waals surface area (Å²) in [5.74, 6) is 0.768. The SMILES string of the molecule is CCOC(=O)Cn1nc(-c2ccncc2)nc1-c1ccncc1. The van der Waals surface area contributed by atoms with Gasteiger partial charge in [0.1, 0.15) is 6.54 Å². The van der Waals surface area contributed by atoms with Crippen LogP contribution in [-0.2, 0) is 16.1 Å². The second-order valence-corrected chi connectivity index (χ2v) is 4.69. The zero-order valence-corrected chi connectivity index (χ0v) is 12.6. The number of pyridine rings is 2. The predicted molar refractivity (Wildman–Crippen MR) is 83.1 cm³/mol. The number of rotatable bonds is 5. The first kappa shape index (κ1) is 14.8. The molecule has 0 N–H and O–H groups in total. The number of carbonyl (C=O) groups is 1. The van der Waals surface area contributed by atoms with Crippen molar-refractivity contribution in [3.8, 4) is 22.8 Å². The maximum atomic E-state index is 11.8. The first-order valence-corrected chi connectivity index (χ1v) is 7.19. The number of nitrogens with zero attached hydrogens (tertiary/aromatic N) is 5. The Bertz CT molecular complexity index is 787. The normalized spacial score (nSPS) is 10.5. The topological polar surface area (TPSA) is 82.8 Å². The van der Waals surface area contributed by atoms with Crippen LogP contribution in [0.4, 0.5) is 0 Å². The van der Waals surface area contributed by atoms with Gasteiger partial charge in [-0.15, -0.1) is 5.10 Å². The zero-order valence-electron chi connectivity index (χ0n) is 12.6. The van der Waals surface area contributed by atoms with Gasteiger partial charge in [-0.05, 0) is 31.2 Å².